The lowest BCUT2D eigenvalue weighted by molar-refractivity contribution is -0.123. The first kappa shape index (κ1) is 17.6. The maximum atomic E-state index is 13.4. The molecule has 0 aliphatic carbocycles. The molecule has 0 bridgehead atoms. The van der Waals surface area contributed by atoms with Crippen LogP contribution >= 0.6 is 0 Å². The van der Waals surface area contributed by atoms with Gasteiger partial charge in [-0.2, -0.15) is 5.26 Å². The van der Waals surface area contributed by atoms with Crippen molar-refractivity contribution in [3.63, 3.8) is 0 Å². The molecule has 0 radical (unpaired) electrons. The Morgan fingerprint density at radius 1 is 1.12 bits per heavy atom. The standard InChI is InChI=1S/C17H12FN3O4/c18-13-6-1-2-7-14(13)20-17(24)21-15(22)10-25-16(23)12-5-3-4-11(8-12)9-19/h1-8H,10H2,(H2,20,21,22,24). The third-order valence-electron chi connectivity index (χ3n) is 2.94. The Hall–Kier alpha value is -3.73. The van der Waals surface area contributed by atoms with Gasteiger partial charge in [0.15, 0.2) is 6.61 Å². The molecule has 0 atom stereocenters. The van der Waals surface area contributed by atoms with Crippen LogP contribution in [0.25, 0.3) is 0 Å². The predicted octanol–water partition coefficient (Wildman–Crippen LogP) is 2.20. The maximum Gasteiger partial charge on any atom is 0.338 e. The second-order valence-corrected chi connectivity index (χ2v) is 4.75. The van der Waals surface area contributed by atoms with Crippen LogP contribution in [0.2, 0.25) is 0 Å². The molecule has 2 aromatic carbocycles. The van der Waals surface area contributed by atoms with E-state index in [0.717, 1.165) is 6.07 Å². The highest BCUT2D eigenvalue weighted by Crippen LogP contribution is 2.11. The molecule has 0 aromatic heterocycles. The minimum absolute atomic E-state index is 0.0990. The van der Waals surface area contributed by atoms with Crippen LogP contribution in [0.4, 0.5) is 14.9 Å². The highest BCUT2D eigenvalue weighted by Gasteiger charge is 2.13. The summed E-state index contributed by atoms with van der Waals surface area (Å²) in [5.74, 6) is -2.37. The molecule has 0 saturated carbocycles. The number of nitriles is 1. The monoisotopic (exact) mass is 341 g/mol. The summed E-state index contributed by atoms with van der Waals surface area (Å²) in [7, 11) is 0. The van der Waals surface area contributed by atoms with Crippen LogP contribution in [0.3, 0.4) is 0 Å². The third kappa shape index (κ3) is 5.14. The highest BCUT2D eigenvalue weighted by atomic mass is 19.1. The van der Waals surface area contributed by atoms with E-state index >= 15 is 0 Å². The van der Waals surface area contributed by atoms with Gasteiger partial charge in [0.05, 0.1) is 22.9 Å². The van der Waals surface area contributed by atoms with E-state index in [1.54, 1.807) is 0 Å². The van der Waals surface area contributed by atoms with Crippen LogP contribution in [-0.4, -0.2) is 24.5 Å². The van der Waals surface area contributed by atoms with Gasteiger partial charge in [-0.25, -0.2) is 14.0 Å². The van der Waals surface area contributed by atoms with Crippen LogP contribution < -0.4 is 10.6 Å². The number of carbonyl (C=O) groups excluding carboxylic acids is 3. The van der Waals surface area contributed by atoms with Crippen LogP contribution in [0.5, 0.6) is 0 Å². The summed E-state index contributed by atoms with van der Waals surface area (Å²) in [5.41, 5.74) is 0.268. The number of anilines is 1. The molecule has 0 saturated heterocycles. The molecule has 0 unspecified atom stereocenters. The number of urea groups is 1. The summed E-state index contributed by atoms with van der Waals surface area (Å²) in [5, 5.41) is 12.8. The fourth-order valence-electron chi connectivity index (χ4n) is 1.81. The SMILES string of the molecule is N#Cc1cccc(C(=O)OCC(=O)NC(=O)Nc2ccccc2F)c1. The molecule has 3 amide bonds. The lowest BCUT2D eigenvalue weighted by Gasteiger charge is -2.08. The molecule has 0 heterocycles. The van der Waals surface area contributed by atoms with Gasteiger partial charge in [0.1, 0.15) is 5.82 Å². The molecule has 2 N–H and O–H groups in total. The number of ether oxygens (including phenoxy) is 1. The van der Waals surface area contributed by atoms with Gasteiger partial charge in [-0.15, -0.1) is 0 Å². The van der Waals surface area contributed by atoms with Gasteiger partial charge in [0, 0.05) is 0 Å². The molecule has 2 aromatic rings. The number of amides is 3. The first-order valence-corrected chi connectivity index (χ1v) is 7.02. The number of hydrogen-bond donors (Lipinski definition) is 2. The lowest BCUT2D eigenvalue weighted by atomic mass is 10.1. The van der Waals surface area contributed by atoms with Crippen LogP contribution in [0.15, 0.2) is 48.5 Å². The Bertz CT molecular complexity index is 861. The maximum absolute atomic E-state index is 13.4. The average Bonchev–Trinajstić information content (AvgIpc) is 2.61. The molecule has 0 spiro atoms. The van der Waals surface area contributed by atoms with Crippen LogP contribution in [-0.2, 0) is 9.53 Å². The van der Waals surface area contributed by atoms with Gasteiger partial charge in [0.25, 0.3) is 5.91 Å². The number of imide groups is 1. The number of benzene rings is 2. The molecular weight excluding hydrogens is 329 g/mol. The summed E-state index contributed by atoms with van der Waals surface area (Å²) < 4.78 is 18.1. The smallest absolute Gasteiger partial charge is 0.338 e. The Balaban J connectivity index is 1.84. The zero-order chi connectivity index (χ0) is 18.2. The molecule has 0 aliphatic rings. The average molecular weight is 341 g/mol. The number of nitrogens with one attached hydrogen (secondary N) is 2. The van der Waals surface area contributed by atoms with Crippen molar-refractivity contribution in [2.45, 2.75) is 0 Å². The number of halogens is 1. The van der Waals surface area contributed by atoms with E-state index in [1.165, 1.54) is 42.5 Å². The summed E-state index contributed by atoms with van der Waals surface area (Å²) in [4.78, 5) is 35.0. The van der Waals surface area contributed by atoms with Crippen molar-refractivity contribution >= 4 is 23.6 Å². The third-order valence-corrected chi connectivity index (χ3v) is 2.94. The first-order valence-electron chi connectivity index (χ1n) is 7.02. The summed E-state index contributed by atoms with van der Waals surface area (Å²) >= 11 is 0. The van der Waals surface area contributed by atoms with E-state index in [-0.39, 0.29) is 16.8 Å². The van der Waals surface area contributed by atoms with Gasteiger partial charge in [-0.3, -0.25) is 10.1 Å². The Kier molecular flexibility index (Phi) is 5.79. The molecular formula is C17H12FN3O4. The quantitative estimate of drug-likeness (QED) is 0.829. The lowest BCUT2D eigenvalue weighted by Crippen LogP contribution is -2.37. The Labute approximate surface area is 142 Å². The summed E-state index contributed by atoms with van der Waals surface area (Å²) in [6.07, 6.45) is 0. The fourth-order valence-corrected chi connectivity index (χ4v) is 1.81. The molecule has 7 nitrogen and oxygen atoms in total. The zero-order valence-electron chi connectivity index (χ0n) is 12.8. The van der Waals surface area contributed by atoms with Crippen molar-refractivity contribution < 1.29 is 23.5 Å². The molecule has 2 rings (SSSR count). The number of esters is 1. The normalized spacial score (nSPS) is 9.60. The van der Waals surface area contributed by atoms with Crippen LogP contribution in [0, 0.1) is 17.1 Å². The number of para-hydroxylation sites is 1. The largest absolute Gasteiger partial charge is 0.452 e. The number of nitrogens with zero attached hydrogens (tertiary/aromatic N) is 1. The second-order valence-electron chi connectivity index (χ2n) is 4.75. The van der Waals surface area contributed by atoms with Gasteiger partial charge >= 0.3 is 12.0 Å². The highest BCUT2D eigenvalue weighted by molar-refractivity contribution is 6.02. The number of carbonyl (C=O) groups is 3. The molecule has 0 fully saturated rings. The summed E-state index contributed by atoms with van der Waals surface area (Å²) in [6.45, 7) is -0.708. The first-order chi connectivity index (χ1) is 12.0. The Morgan fingerprint density at radius 3 is 2.60 bits per heavy atom. The van der Waals surface area contributed by atoms with E-state index in [2.05, 4.69) is 5.32 Å². The second kappa shape index (κ2) is 8.21. The van der Waals surface area contributed by atoms with Crippen LogP contribution in [0.1, 0.15) is 15.9 Å². The minimum atomic E-state index is -0.961. The van der Waals surface area contributed by atoms with Gasteiger partial charge < -0.3 is 10.1 Å². The van der Waals surface area contributed by atoms with Crippen molar-refractivity contribution in [2.24, 2.45) is 0 Å². The Morgan fingerprint density at radius 2 is 1.88 bits per heavy atom. The predicted molar refractivity (Wildman–Crippen MR) is 85.0 cm³/mol. The zero-order valence-corrected chi connectivity index (χ0v) is 12.8. The van der Waals surface area contributed by atoms with Crippen molar-refractivity contribution in [2.75, 3.05) is 11.9 Å². The molecule has 25 heavy (non-hydrogen) atoms. The number of rotatable bonds is 4. The molecule has 8 heteroatoms. The van der Waals surface area contributed by atoms with Crippen molar-refractivity contribution in [1.82, 2.24) is 5.32 Å². The topological polar surface area (TPSA) is 108 Å². The van der Waals surface area contributed by atoms with E-state index in [1.807, 2.05) is 11.4 Å². The van der Waals surface area contributed by atoms with E-state index in [0.29, 0.717) is 0 Å². The van der Waals surface area contributed by atoms with Crippen molar-refractivity contribution in [1.29, 1.82) is 5.26 Å². The van der Waals surface area contributed by atoms with Crippen molar-refractivity contribution in [3.05, 3.63) is 65.5 Å². The minimum Gasteiger partial charge on any atom is -0.452 e. The van der Waals surface area contributed by atoms with Gasteiger partial charge in [-0.05, 0) is 30.3 Å². The van der Waals surface area contributed by atoms with Gasteiger partial charge in [-0.1, -0.05) is 18.2 Å². The van der Waals surface area contributed by atoms with Crippen molar-refractivity contribution in [3.8, 4) is 6.07 Å². The van der Waals surface area contributed by atoms with E-state index < -0.39 is 30.3 Å². The molecule has 0 aliphatic heterocycles. The summed E-state index contributed by atoms with van der Waals surface area (Å²) in [6, 6.07) is 12.1. The number of hydrogen-bond acceptors (Lipinski definition) is 5. The van der Waals surface area contributed by atoms with Gasteiger partial charge in [0.2, 0.25) is 0 Å². The van der Waals surface area contributed by atoms with E-state index in [9.17, 15) is 18.8 Å². The molecule has 126 valence electrons. The van der Waals surface area contributed by atoms with E-state index in [4.69, 9.17) is 10.00 Å². The fraction of sp³-hybridized carbons (Fsp3) is 0.0588.